The lowest BCUT2D eigenvalue weighted by molar-refractivity contribution is 0.0208. The van der Waals surface area contributed by atoms with E-state index < -0.39 is 11.2 Å². The molecule has 10 heteroatoms. The van der Waals surface area contributed by atoms with Crippen LogP contribution in [0.2, 0.25) is 0 Å². The van der Waals surface area contributed by atoms with Gasteiger partial charge in [0.25, 0.3) is 0 Å². The van der Waals surface area contributed by atoms with Gasteiger partial charge in [-0.3, -0.25) is 9.80 Å². The molecule has 5 aromatic rings. The highest BCUT2D eigenvalue weighted by molar-refractivity contribution is 5.92. The van der Waals surface area contributed by atoms with Gasteiger partial charge < -0.3 is 19.4 Å². The van der Waals surface area contributed by atoms with Crippen LogP contribution in [0.25, 0.3) is 34.2 Å². The van der Waals surface area contributed by atoms with Crippen molar-refractivity contribution in [3.8, 4) is 22.5 Å². The summed E-state index contributed by atoms with van der Waals surface area (Å²) in [5.74, 6) is 1.55. The molecule has 2 aliphatic rings. The van der Waals surface area contributed by atoms with Gasteiger partial charge in [-0.1, -0.05) is 93.6 Å². The van der Waals surface area contributed by atoms with E-state index in [4.69, 9.17) is 19.4 Å². The molecule has 2 fully saturated rings. The Kier molecular flexibility index (Phi) is 11.2. The summed E-state index contributed by atoms with van der Waals surface area (Å²) >= 11 is 0. The number of amides is 2. The monoisotopic (exact) mass is 782 g/mol. The first kappa shape index (κ1) is 40.6. The Morgan fingerprint density at radius 1 is 0.621 bits per heavy atom. The Bertz CT molecular complexity index is 2250. The van der Waals surface area contributed by atoms with Crippen LogP contribution < -0.4 is 0 Å². The molecule has 2 atom stereocenters. The Balaban J connectivity index is 1.13. The summed E-state index contributed by atoms with van der Waals surface area (Å²) in [6.07, 6.45) is 8.84. The quantitative estimate of drug-likeness (QED) is 0.159. The number of carbonyl (C=O) groups is 2. The van der Waals surface area contributed by atoms with E-state index in [-0.39, 0.29) is 29.7 Å². The number of H-pyrrole nitrogens is 2. The van der Waals surface area contributed by atoms with E-state index in [0.29, 0.717) is 13.1 Å². The zero-order valence-corrected chi connectivity index (χ0v) is 35.5. The first-order valence-electron chi connectivity index (χ1n) is 20.5. The van der Waals surface area contributed by atoms with Crippen molar-refractivity contribution in [1.29, 1.82) is 0 Å². The van der Waals surface area contributed by atoms with Crippen molar-refractivity contribution in [3.05, 3.63) is 119 Å². The molecule has 58 heavy (non-hydrogen) atoms. The topological polar surface area (TPSA) is 116 Å². The molecule has 0 aliphatic carbocycles. The van der Waals surface area contributed by atoms with Crippen molar-refractivity contribution in [2.24, 2.45) is 0 Å². The Morgan fingerprint density at radius 3 is 1.45 bits per heavy atom. The number of rotatable bonds is 7. The molecule has 0 bridgehead atoms. The lowest BCUT2D eigenvalue weighted by Crippen LogP contribution is -2.36. The largest absolute Gasteiger partial charge is 0.444 e. The average molecular weight is 783 g/mol. The van der Waals surface area contributed by atoms with Crippen molar-refractivity contribution >= 4 is 23.8 Å². The minimum absolute atomic E-state index is 0.0452. The second kappa shape index (κ2) is 16.0. The summed E-state index contributed by atoms with van der Waals surface area (Å²) < 4.78 is 11.4. The minimum Gasteiger partial charge on any atom is -0.444 e. The van der Waals surface area contributed by atoms with Crippen molar-refractivity contribution < 1.29 is 19.1 Å². The van der Waals surface area contributed by atoms with Gasteiger partial charge in [-0.2, -0.15) is 0 Å². The zero-order valence-electron chi connectivity index (χ0n) is 35.5. The van der Waals surface area contributed by atoms with E-state index in [9.17, 15) is 9.59 Å². The number of imidazole rings is 2. The molecule has 4 heterocycles. The molecular formula is C48H58N6O4. The standard InChI is InChI=1S/C48H58N6O4/c1-46(2,3)36-24-22-33(23-25-36)37(32-18-20-35(21-19-32)39-30-50-43(52-39)41-13-11-27-54(41)45(56)58-48(7,8)9)28-31-14-16-34(17-15-31)38-29-49-42(51-38)40-12-10-26-53(40)44(55)57-47(4,5)6/h14-25,28-30,40-41H,10-13,26-27H2,1-9H3,(H,49,51)(H,50,52)/t40-,41-/m0/s1. The van der Waals surface area contributed by atoms with Gasteiger partial charge >= 0.3 is 12.2 Å². The third-order valence-corrected chi connectivity index (χ3v) is 10.7. The normalized spacial score (nSPS) is 17.8. The molecule has 2 amide bonds. The first-order valence-corrected chi connectivity index (χ1v) is 20.5. The predicted octanol–water partition coefficient (Wildman–Crippen LogP) is 11.5. The van der Waals surface area contributed by atoms with Crippen LogP contribution in [0.15, 0.2) is 85.2 Å². The number of ether oxygens (including phenoxy) is 2. The van der Waals surface area contributed by atoms with Crippen LogP contribution in [0.3, 0.4) is 0 Å². The van der Waals surface area contributed by atoms with Crippen LogP contribution >= 0.6 is 0 Å². The van der Waals surface area contributed by atoms with Gasteiger partial charge in [0.2, 0.25) is 0 Å². The van der Waals surface area contributed by atoms with Gasteiger partial charge in [-0.05, 0) is 118 Å². The first-order chi connectivity index (χ1) is 27.4. The molecule has 10 nitrogen and oxygen atoms in total. The van der Waals surface area contributed by atoms with E-state index in [1.54, 1.807) is 9.80 Å². The molecule has 0 unspecified atom stereocenters. The summed E-state index contributed by atoms with van der Waals surface area (Å²) in [6, 6.07) is 25.6. The van der Waals surface area contributed by atoms with Crippen LogP contribution in [-0.2, 0) is 14.9 Å². The van der Waals surface area contributed by atoms with Crippen molar-refractivity contribution in [1.82, 2.24) is 29.7 Å². The fourth-order valence-electron chi connectivity index (χ4n) is 7.72. The third-order valence-electron chi connectivity index (χ3n) is 10.7. The molecule has 3 aromatic carbocycles. The van der Waals surface area contributed by atoms with E-state index in [0.717, 1.165) is 82.1 Å². The number of aromatic amines is 2. The lowest BCUT2D eigenvalue weighted by Gasteiger charge is -2.27. The number of hydrogen-bond donors (Lipinski definition) is 2. The summed E-state index contributed by atoms with van der Waals surface area (Å²) in [5.41, 5.74) is 8.45. The van der Waals surface area contributed by atoms with Crippen LogP contribution in [0.5, 0.6) is 0 Å². The van der Waals surface area contributed by atoms with E-state index in [1.807, 2.05) is 53.9 Å². The van der Waals surface area contributed by atoms with E-state index in [2.05, 4.69) is 110 Å². The number of nitrogens with one attached hydrogen (secondary N) is 2. The molecule has 304 valence electrons. The molecular weight excluding hydrogens is 725 g/mol. The maximum Gasteiger partial charge on any atom is 0.410 e. The number of benzene rings is 3. The van der Waals surface area contributed by atoms with E-state index >= 15 is 0 Å². The lowest BCUT2D eigenvalue weighted by atomic mass is 9.85. The van der Waals surface area contributed by atoms with Crippen LogP contribution in [-0.4, -0.2) is 66.2 Å². The molecule has 2 saturated heterocycles. The highest BCUT2D eigenvalue weighted by Gasteiger charge is 2.36. The van der Waals surface area contributed by atoms with Gasteiger partial charge in [0, 0.05) is 13.1 Å². The smallest absolute Gasteiger partial charge is 0.410 e. The predicted molar refractivity (Wildman–Crippen MR) is 230 cm³/mol. The maximum absolute atomic E-state index is 13.0. The molecule has 7 rings (SSSR count). The fourth-order valence-corrected chi connectivity index (χ4v) is 7.72. The Hall–Kier alpha value is -5.64. The number of hydrogen-bond acceptors (Lipinski definition) is 6. The van der Waals surface area contributed by atoms with Gasteiger partial charge in [0.15, 0.2) is 0 Å². The summed E-state index contributed by atoms with van der Waals surface area (Å²) in [7, 11) is 0. The van der Waals surface area contributed by atoms with Crippen LogP contribution in [0.4, 0.5) is 9.59 Å². The maximum atomic E-state index is 13.0. The number of likely N-dealkylation sites (tertiary alicyclic amines) is 2. The second-order valence-electron chi connectivity index (χ2n) is 18.6. The van der Waals surface area contributed by atoms with E-state index in [1.165, 1.54) is 5.56 Å². The molecule has 0 radical (unpaired) electrons. The highest BCUT2D eigenvalue weighted by atomic mass is 16.6. The van der Waals surface area contributed by atoms with Gasteiger partial charge in [0.05, 0.1) is 35.9 Å². The SMILES string of the molecule is CC(C)(C)OC(=O)N1CCC[C@H]1c1ncc(-c2ccc(C=C(c3ccc(-c4cnc([C@@H]5CCCN5C(=O)OC(C)(C)C)[nH]4)cc3)c3ccc(C(C)(C)C)cc3)cc2)[nH]1. The van der Waals surface area contributed by atoms with Crippen LogP contribution in [0, 0.1) is 0 Å². The molecule has 0 saturated carbocycles. The molecule has 2 aliphatic heterocycles. The number of carbonyl (C=O) groups excluding carboxylic acids is 2. The van der Waals surface area contributed by atoms with Crippen molar-refractivity contribution in [2.75, 3.05) is 13.1 Å². The fraction of sp³-hybridized carbons (Fsp3) is 0.417. The summed E-state index contributed by atoms with van der Waals surface area (Å²) in [4.78, 5) is 45.9. The van der Waals surface area contributed by atoms with Crippen LogP contribution in [0.1, 0.15) is 134 Å². The minimum atomic E-state index is -0.555. The van der Waals surface area contributed by atoms with Crippen molar-refractivity contribution in [2.45, 2.75) is 117 Å². The molecule has 0 spiro atoms. The molecule has 2 aromatic heterocycles. The highest BCUT2D eigenvalue weighted by Crippen LogP contribution is 2.36. The van der Waals surface area contributed by atoms with Gasteiger partial charge in [-0.25, -0.2) is 19.6 Å². The summed E-state index contributed by atoms with van der Waals surface area (Å²) in [5, 5.41) is 0. The van der Waals surface area contributed by atoms with Gasteiger partial charge in [-0.15, -0.1) is 0 Å². The third kappa shape index (κ3) is 9.38. The zero-order chi connectivity index (χ0) is 41.4. The number of aromatic nitrogens is 4. The average Bonchev–Trinajstić information content (AvgIpc) is 3.99. The van der Waals surface area contributed by atoms with Gasteiger partial charge in [0.1, 0.15) is 22.9 Å². The second-order valence-corrected chi connectivity index (χ2v) is 18.6. The summed E-state index contributed by atoms with van der Waals surface area (Å²) in [6.45, 7) is 19.3. The molecule has 2 N–H and O–H groups in total. The Labute approximate surface area is 343 Å². The van der Waals surface area contributed by atoms with Crippen molar-refractivity contribution in [3.63, 3.8) is 0 Å². The number of nitrogens with zero attached hydrogens (tertiary/aromatic N) is 4. The Morgan fingerprint density at radius 2 is 1.03 bits per heavy atom.